The van der Waals surface area contributed by atoms with Crippen molar-refractivity contribution in [2.45, 2.75) is 11.8 Å². The number of hydrogen-bond donors (Lipinski definition) is 0. The van der Waals surface area contributed by atoms with Crippen LogP contribution in [-0.2, 0) is 4.79 Å². The lowest BCUT2D eigenvalue weighted by Gasteiger charge is -2.16. The van der Waals surface area contributed by atoms with Gasteiger partial charge in [0.1, 0.15) is 6.07 Å². The molecule has 0 saturated carbocycles. The minimum absolute atomic E-state index is 0.0664. The normalized spacial score (nSPS) is 19.9. The van der Waals surface area contributed by atoms with Gasteiger partial charge in [0, 0.05) is 13.0 Å². The summed E-state index contributed by atoms with van der Waals surface area (Å²) in [6.07, 6.45) is 0.206. The first-order chi connectivity index (χ1) is 7.63. The molecular formula is C11H8ClFN2O. The van der Waals surface area contributed by atoms with E-state index in [1.807, 2.05) is 0 Å². The van der Waals surface area contributed by atoms with E-state index < -0.39 is 5.82 Å². The Hall–Kier alpha value is -1.60. The molecule has 1 amide bonds. The summed E-state index contributed by atoms with van der Waals surface area (Å²) < 4.78 is 13.8. The van der Waals surface area contributed by atoms with Gasteiger partial charge in [0.05, 0.1) is 16.6 Å². The second-order valence-electron chi connectivity index (χ2n) is 3.56. The number of benzene rings is 1. The molecule has 1 aromatic rings. The molecule has 0 aliphatic carbocycles. The van der Waals surface area contributed by atoms with Gasteiger partial charge in [-0.1, -0.05) is 6.07 Å². The third kappa shape index (κ3) is 1.74. The number of nitrogens with zero attached hydrogens (tertiary/aromatic N) is 2. The summed E-state index contributed by atoms with van der Waals surface area (Å²) >= 11 is 5.83. The number of anilines is 1. The van der Waals surface area contributed by atoms with Crippen LogP contribution in [0.25, 0.3) is 0 Å². The summed E-state index contributed by atoms with van der Waals surface area (Å²) in [6.45, 7) is 0.284. The van der Waals surface area contributed by atoms with Crippen molar-refractivity contribution in [3.8, 4) is 6.07 Å². The number of amides is 1. The molecule has 1 unspecified atom stereocenters. The number of carbonyl (C=O) groups excluding carboxylic acids is 1. The van der Waals surface area contributed by atoms with Crippen LogP contribution in [0.4, 0.5) is 10.1 Å². The van der Waals surface area contributed by atoms with E-state index in [2.05, 4.69) is 0 Å². The molecule has 5 heteroatoms. The molecule has 0 radical (unpaired) electrons. The Bertz CT molecular complexity index is 483. The molecule has 16 heavy (non-hydrogen) atoms. The van der Waals surface area contributed by atoms with Crippen LogP contribution in [0, 0.1) is 17.1 Å². The number of rotatable bonds is 1. The molecule has 1 heterocycles. The van der Waals surface area contributed by atoms with Crippen LogP contribution in [0.2, 0.25) is 0 Å². The fourth-order valence-corrected chi connectivity index (χ4v) is 1.98. The van der Waals surface area contributed by atoms with Crippen molar-refractivity contribution in [2.75, 3.05) is 11.4 Å². The van der Waals surface area contributed by atoms with Gasteiger partial charge in [0.25, 0.3) is 0 Å². The summed E-state index contributed by atoms with van der Waals surface area (Å²) in [5.74, 6) is -0.877. The van der Waals surface area contributed by atoms with Crippen LogP contribution >= 0.6 is 11.6 Å². The van der Waals surface area contributed by atoms with Gasteiger partial charge in [-0.15, -0.1) is 11.6 Å². The molecule has 3 nitrogen and oxygen atoms in total. The second-order valence-corrected chi connectivity index (χ2v) is 4.17. The summed E-state index contributed by atoms with van der Waals surface area (Å²) in [4.78, 5) is 12.8. The van der Waals surface area contributed by atoms with Gasteiger partial charge >= 0.3 is 0 Å². The summed E-state index contributed by atoms with van der Waals surface area (Å²) in [5.41, 5.74) is 0.0653. The topological polar surface area (TPSA) is 44.1 Å². The smallest absolute Gasteiger partial charge is 0.228 e. The standard InChI is InChI=1S/C11H8ClFN2O/c12-8-4-10(16)15(6-8)9-3-1-2-7(5-14)11(9)13/h1-3,8H,4,6H2. The molecule has 0 aromatic heterocycles. The Morgan fingerprint density at radius 3 is 2.88 bits per heavy atom. The van der Waals surface area contributed by atoms with E-state index in [0.29, 0.717) is 0 Å². The SMILES string of the molecule is N#Cc1cccc(N2CC(Cl)CC2=O)c1F. The number of alkyl halides is 1. The molecule has 1 fully saturated rings. The maximum Gasteiger partial charge on any atom is 0.228 e. The molecule has 0 bridgehead atoms. The number of halogens is 2. The second kappa shape index (κ2) is 4.11. The van der Waals surface area contributed by atoms with Crippen LogP contribution in [0.3, 0.4) is 0 Å². The van der Waals surface area contributed by atoms with Gasteiger partial charge in [-0.3, -0.25) is 4.79 Å². The van der Waals surface area contributed by atoms with E-state index in [0.717, 1.165) is 0 Å². The summed E-state index contributed by atoms with van der Waals surface area (Å²) in [6, 6.07) is 6.13. The van der Waals surface area contributed by atoms with Crippen molar-refractivity contribution in [3.63, 3.8) is 0 Å². The lowest BCUT2D eigenvalue weighted by atomic mass is 10.2. The highest BCUT2D eigenvalue weighted by atomic mass is 35.5. The minimum atomic E-state index is -0.663. The zero-order valence-electron chi connectivity index (χ0n) is 8.28. The number of hydrogen-bond acceptors (Lipinski definition) is 2. The molecule has 2 rings (SSSR count). The summed E-state index contributed by atoms with van der Waals surface area (Å²) in [5, 5.41) is 8.39. The average Bonchev–Trinajstić information content (AvgIpc) is 2.58. The Morgan fingerprint density at radius 1 is 1.56 bits per heavy atom. The maximum absolute atomic E-state index is 13.8. The zero-order valence-corrected chi connectivity index (χ0v) is 9.04. The lowest BCUT2D eigenvalue weighted by Crippen LogP contribution is -2.25. The first kappa shape index (κ1) is 10.9. The van der Waals surface area contributed by atoms with Gasteiger partial charge in [-0.25, -0.2) is 4.39 Å². The third-order valence-corrected chi connectivity index (χ3v) is 2.76. The minimum Gasteiger partial charge on any atom is -0.308 e. The molecule has 82 valence electrons. The van der Waals surface area contributed by atoms with Gasteiger partial charge in [-0.05, 0) is 12.1 Å². The van der Waals surface area contributed by atoms with E-state index in [1.165, 1.54) is 17.0 Å². The van der Waals surface area contributed by atoms with Crippen LogP contribution in [0.15, 0.2) is 18.2 Å². The number of carbonyl (C=O) groups is 1. The summed E-state index contributed by atoms with van der Waals surface area (Å²) in [7, 11) is 0. The third-order valence-electron chi connectivity index (χ3n) is 2.47. The van der Waals surface area contributed by atoms with E-state index in [9.17, 15) is 9.18 Å². The monoisotopic (exact) mass is 238 g/mol. The van der Waals surface area contributed by atoms with E-state index in [4.69, 9.17) is 16.9 Å². The van der Waals surface area contributed by atoms with Crippen LogP contribution in [0.5, 0.6) is 0 Å². The predicted molar refractivity (Wildman–Crippen MR) is 57.7 cm³/mol. The van der Waals surface area contributed by atoms with Crippen molar-refractivity contribution in [1.82, 2.24) is 0 Å². The van der Waals surface area contributed by atoms with Crippen molar-refractivity contribution < 1.29 is 9.18 Å². The molecule has 1 aromatic carbocycles. The van der Waals surface area contributed by atoms with Gasteiger partial charge in [-0.2, -0.15) is 5.26 Å². The molecule has 0 N–H and O–H groups in total. The lowest BCUT2D eigenvalue weighted by molar-refractivity contribution is -0.117. The van der Waals surface area contributed by atoms with E-state index in [1.54, 1.807) is 12.1 Å². The largest absolute Gasteiger partial charge is 0.308 e. The first-order valence-corrected chi connectivity index (χ1v) is 5.20. The predicted octanol–water partition coefficient (Wildman–Crippen LogP) is 2.04. The van der Waals surface area contributed by atoms with Crippen LogP contribution in [-0.4, -0.2) is 17.8 Å². The fraction of sp³-hybridized carbons (Fsp3) is 0.273. The highest BCUT2D eigenvalue weighted by Crippen LogP contribution is 2.27. The first-order valence-electron chi connectivity index (χ1n) is 4.76. The van der Waals surface area contributed by atoms with Gasteiger partial charge < -0.3 is 4.90 Å². The number of nitriles is 1. The Balaban J connectivity index is 2.42. The fourth-order valence-electron chi connectivity index (χ4n) is 1.71. The van der Waals surface area contributed by atoms with Crippen LogP contribution in [0.1, 0.15) is 12.0 Å². The van der Waals surface area contributed by atoms with Gasteiger partial charge in [0.15, 0.2) is 5.82 Å². The van der Waals surface area contributed by atoms with Crippen molar-refractivity contribution in [2.24, 2.45) is 0 Å². The highest BCUT2D eigenvalue weighted by Gasteiger charge is 2.31. The Labute approximate surface area is 97.0 Å². The molecule has 0 spiro atoms. The highest BCUT2D eigenvalue weighted by molar-refractivity contribution is 6.24. The molecular weight excluding hydrogens is 231 g/mol. The van der Waals surface area contributed by atoms with Crippen molar-refractivity contribution in [3.05, 3.63) is 29.6 Å². The maximum atomic E-state index is 13.8. The van der Waals surface area contributed by atoms with Crippen molar-refractivity contribution >= 4 is 23.2 Å². The zero-order chi connectivity index (χ0) is 11.7. The van der Waals surface area contributed by atoms with E-state index in [-0.39, 0.29) is 35.5 Å². The molecule has 1 aliphatic heterocycles. The average molecular weight is 239 g/mol. The quantitative estimate of drug-likeness (QED) is 0.703. The molecule has 1 atom stereocenters. The van der Waals surface area contributed by atoms with Gasteiger partial charge in [0.2, 0.25) is 5.91 Å². The Kier molecular flexibility index (Phi) is 2.80. The van der Waals surface area contributed by atoms with E-state index >= 15 is 0 Å². The van der Waals surface area contributed by atoms with Crippen LogP contribution < -0.4 is 4.90 Å². The van der Waals surface area contributed by atoms with Crippen molar-refractivity contribution in [1.29, 1.82) is 5.26 Å². The Morgan fingerprint density at radius 2 is 2.31 bits per heavy atom. The molecule has 1 aliphatic rings. The molecule has 1 saturated heterocycles.